The van der Waals surface area contributed by atoms with Crippen LogP contribution < -0.4 is 0 Å². The van der Waals surface area contributed by atoms with Crippen molar-refractivity contribution in [2.45, 2.75) is 19.4 Å². The number of carbonyl (C=O) groups is 1. The summed E-state index contributed by atoms with van der Waals surface area (Å²) in [6, 6.07) is 0. The van der Waals surface area contributed by atoms with Gasteiger partial charge >= 0.3 is 5.97 Å². The van der Waals surface area contributed by atoms with E-state index >= 15 is 0 Å². The molecule has 0 saturated carbocycles. The third kappa shape index (κ3) is 2.55. The fraction of sp³-hybridized carbons (Fsp3) is 0.667. The Morgan fingerprint density at radius 2 is 2.58 bits per heavy atom. The lowest BCUT2D eigenvalue weighted by molar-refractivity contribution is -0.145. The molecule has 0 aromatic heterocycles. The van der Waals surface area contributed by atoms with Gasteiger partial charge in [0.2, 0.25) is 0 Å². The number of terminal acetylenes is 1. The second-order valence-electron chi connectivity index (χ2n) is 2.96. The minimum atomic E-state index is -0.206. The molecule has 0 unspecified atom stereocenters. The molecule has 0 radical (unpaired) electrons. The van der Waals surface area contributed by atoms with Crippen LogP contribution >= 0.6 is 0 Å². The molecule has 0 amide bonds. The topological polar surface area (TPSA) is 29.5 Å². The molecule has 0 aromatic rings. The maximum absolute atomic E-state index is 10.6. The molecule has 66 valence electrons. The van der Waals surface area contributed by atoms with E-state index in [2.05, 4.69) is 10.8 Å². The monoisotopic (exact) mass is 167 g/mol. The van der Waals surface area contributed by atoms with Crippen molar-refractivity contribution < 1.29 is 9.53 Å². The Labute approximate surface area is 72.7 Å². The van der Waals surface area contributed by atoms with Gasteiger partial charge in [-0.05, 0) is 6.42 Å². The molecule has 1 atom stereocenters. The summed E-state index contributed by atoms with van der Waals surface area (Å²) in [6.07, 6.45) is 6.11. The van der Waals surface area contributed by atoms with Crippen molar-refractivity contribution in [3.63, 3.8) is 0 Å². The molecule has 0 aromatic carbocycles. The van der Waals surface area contributed by atoms with Crippen molar-refractivity contribution >= 4 is 5.97 Å². The summed E-state index contributed by atoms with van der Waals surface area (Å²) in [5, 5.41) is 0. The van der Waals surface area contributed by atoms with Gasteiger partial charge in [0.25, 0.3) is 0 Å². The van der Waals surface area contributed by atoms with Crippen LogP contribution in [0.15, 0.2) is 0 Å². The van der Waals surface area contributed by atoms with Crippen LogP contribution in [0.4, 0.5) is 0 Å². The normalized spacial score (nSPS) is 23.5. The fourth-order valence-electron chi connectivity index (χ4n) is 1.40. The number of nitrogens with zero attached hydrogens (tertiary/aromatic N) is 1. The average molecular weight is 167 g/mol. The summed E-state index contributed by atoms with van der Waals surface area (Å²) in [5.74, 6) is 2.36. The van der Waals surface area contributed by atoms with Gasteiger partial charge in [0.05, 0.1) is 6.54 Å². The Morgan fingerprint density at radius 1 is 1.83 bits per heavy atom. The highest BCUT2D eigenvalue weighted by molar-refractivity contribution is 5.66. The lowest BCUT2D eigenvalue weighted by atomic mass is 10.3. The highest BCUT2D eigenvalue weighted by Crippen LogP contribution is 2.11. The van der Waals surface area contributed by atoms with Crippen LogP contribution in [0.2, 0.25) is 0 Å². The number of rotatable bonds is 2. The first-order chi connectivity index (χ1) is 5.72. The molecule has 0 N–H and O–H groups in total. The number of ether oxygens (including phenoxy) is 1. The van der Waals surface area contributed by atoms with Crippen molar-refractivity contribution in [3.8, 4) is 12.3 Å². The molecule has 1 saturated heterocycles. The summed E-state index contributed by atoms with van der Waals surface area (Å²) in [5.41, 5.74) is 0. The number of likely N-dealkylation sites (tertiary alicyclic amines) is 1. The van der Waals surface area contributed by atoms with E-state index < -0.39 is 0 Å². The van der Waals surface area contributed by atoms with Gasteiger partial charge in [-0.15, -0.1) is 6.42 Å². The molecule has 1 fully saturated rings. The predicted octanol–water partition coefficient (Wildman–Crippen LogP) is 0.257. The summed E-state index contributed by atoms with van der Waals surface area (Å²) in [7, 11) is 0. The Kier molecular flexibility index (Phi) is 3.12. The summed E-state index contributed by atoms with van der Waals surface area (Å²) in [4.78, 5) is 12.7. The van der Waals surface area contributed by atoms with Crippen molar-refractivity contribution in [2.75, 3.05) is 19.6 Å². The number of carbonyl (C=O) groups excluding carboxylic acids is 1. The van der Waals surface area contributed by atoms with Crippen LogP contribution in [-0.2, 0) is 9.53 Å². The average Bonchev–Trinajstić information content (AvgIpc) is 2.36. The standard InChI is InChI=1S/C9H13NO2/c1-3-5-10-6-4-9(7-10)12-8(2)11/h1,9H,4-7H2,2H3/t9-/m1/s1. The SMILES string of the molecule is C#CCN1CC[C@@H](OC(C)=O)C1. The predicted molar refractivity (Wildman–Crippen MR) is 45.4 cm³/mol. The van der Waals surface area contributed by atoms with Crippen LogP contribution in [0, 0.1) is 12.3 Å². The number of hydrogen-bond acceptors (Lipinski definition) is 3. The molecular formula is C9H13NO2. The minimum absolute atomic E-state index is 0.0517. The molecule has 0 aliphatic carbocycles. The smallest absolute Gasteiger partial charge is 0.302 e. The largest absolute Gasteiger partial charge is 0.461 e. The van der Waals surface area contributed by atoms with E-state index in [0.29, 0.717) is 6.54 Å². The highest BCUT2D eigenvalue weighted by atomic mass is 16.5. The Hall–Kier alpha value is -1.01. The third-order valence-electron chi connectivity index (χ3n) is 1.88. The second-order valence-corrected chi connectivity index (χ2v) is 2.96. The molecule has 3 nitrogen and oxygen atoms in total. The maximum atomic E-state index is 10.6. The summed E-state index contributed by atoms with van der Waals surface area (Å²) < 4.78 is 5.04. The molecule has 1 aliphatic heterocycles. The summed E-state index contributed by atoms with van der Waals surface area (Å²) in [6.45, 7) is 3.80. The Bertz CT molecular complexity index is 207. The van der Waals surface area contributed by atoms with E-state index in [9.17, 15) is 4.79 Å². The molecule has 1 rings (SSSR count). The van der Waals surface area contributed by atoms with Gasteiger partial charge in [-0.3, -0.25) is 9.69 Å². The molecule has 12 heavy (non-hydrogen) atoms. The molecule has 0 bridgehead atoms. The zero-order valence-corrected chi connectivity index (χ0v) is 7.25. The molecule has 3 heteroatoms. The van der Waals surface area contributed by atoms with Gasteiger partial charge in [-0.25, -0.2) is 0 Å². The summed E-state index contributed by atoms with van der Waals surface area (Å²) >= 11 is 0. The van der Waals surface area contributed by atoms with E-state index in [-0.39, 0.29) is 12.1 Å². The highest BCUT2D eigenvalue weighted by Gasteiger charge is 2.23. The fourth-order valence-corrected chi connectivity index (χ4v) is 1.40. The number of hydrogen-bond donors (Lipinski definition) is 0. The van der Waals surface area contributed by atoms with Crippen molar-refractivity contribution in [3.05, 3.63) is 0 Å². The van der Waals surface area contributed by atoms with Crippen molar-refractivity contribution in [2.24, 2.45) is 0 Å². The zero-order valence-electron chi connectivity index (χ0n) is 7.25. The van der Waals surface area contributed by atoms with Crippen LogP contribution in [-0.4, -0.2) is 36.6 Å². The maximum Gasteiger partial charge on any atom is 0.302 e. The lowest BCUT2D eigenvalue weighted by Crippen LogP contribution is -2.24. The molecular weight excluding hydrogens is 154 g/mol. The third-order valence-corrected chi connectivity index (χ3v) is 1.88. The first-order valence-corrected chi connectivity index (χ1v) is 4.05. The molecule has 0 spiro atoms. The van der Waals surface area contributed by atoms with Gasteiger partial charge < -0.3 is 4.74 Å². The first kappa shape index (κ1) is 9.08. The van der Waals surface area contributed by atoms with Gasteiger partial charge in [-0.2, -0.15) is 0 Å². The van der Waals surface area contributed by atoms with Gasteiger partial charge in [0.15, 0.2) is 0 Å². The van der Waals surface area contributed by atoms with Crippen molar-refractivity contribution in [1.29, 1.82) is 0 Å². The minimum Gasteiger partial charge on any atom is -0.461 e. The second kappa shape index (κ2) is 4.13. The van der Waals surface area contributed by atoms with E-state index in [1.807, 2.05) is 0 Å². The lowest BCUT2D eigenvalue weighted by Gasteiger charge is -2.12. The van der Waals surface area contributed by atoms with E-state index in [1.54, 1.807) is 0 Å². The quantitative estimate of drug-likeness (QED) is 0.436. The van der Waals surface area contributed by atoms with Gasteiger partial charge in [0, 0.05) is 20.0 Å². The molecule has 1 aliphatic rings. The zero-order chi connectivity index (χ0) is 8.97. The number of esters is 1. The van der Waals surface area contributed by atoms with E-state index in [4.69, 9.17) is 11.2 Å². The van der Waals surface area contributed by atoms with Crippen LogP contribution in [0.3, 0.4) is 0 Å². The van der Waals surface area contributed by atoms with Gasteiger partial charge in [-0.1, -0.05) is 5.92 Å². The van der Waals surface area contributed by atoms with E-state index in [1.165, 1.54) is 6.92 Å². The molecule has 1 heterocycles. The Morgan fingerprint density at radius 3 is 3.17 bits per heavy atom. The Balaban J connectivity index is 2.26. The van der Waals surface area contributed by atoms with Crippen LogP contribution in [0.5, 0.6) is 0 Å². The van der Waals surface area contributed by atoms with Gasteiger partial charge in [0.1, 0.15) is 6.10 Å². The van der Waals surface area contributed by atoms with Crippen LogP contribution in [0.25, 0.3) is 0 Å². The van der Waals surface area contributed by atoms with Crippen molar-refractivity contribution in [1.82, 2.24) is 4.90 Å². The van der Waals surface area contributed by atoms with E-state index in [0.717, 1.165) is 19.5 Å². The van der Waals surface area contributed by atoms with Crippen LogP contribution in [0.1, 0.15) is 13.3 Å². The first-order valence-electron chi connectivity index (χ1n) is 4.05.